The molecule has 252 valence electrons. The zero-order valence-corrected chi connectivity index (χ0v) is 29.4. The first-order valence-electron chi connectivity index (χ1n) is 18.7. The van der Waals surface area contributed by atoms with Gasteiger partial charge < -0.3 is 5.11 Å². The number of hydrogen-bond acceptors (Lipinski definition) is 3. The molecule has 1 N–H and O–H groups in total. The molecule has 0 bridgehead atoms. The van der Waals surface area contributed by atoms with Crippen LogP contribution in [0.4, 0.5) is 0 Å². The van der Waals surface area contributed by atoms with Crippen LogP contribution in [0, 0.1) is 5.92 Å². The van der Waals surface area contributed by atoms with Crippen LogP contribution >= 0.6 is 11.6 Å². The number of aliphatic hydroxyl groups excluding tert-OH is 1. The second kappa shape index (κ2) is 34.0. The lowest BCUT2D eigenvalue weighted by atomic mass is 9.91. The monoisotopic (exact) mass is 623 g/mol. The topological polar surface area (TPSA) is 54.4 Å². The Morgan fingerprint density at radius 2 is 0.791 bits per heavy atom. The van der Waals surface area contributed by atoms with Gasteiger partial charge in [-0.3, -0.25) is 9.59 Å². The van der Waals surface area contributed by atoms with E-state index in [1.807, 2.05) is 0 Å². The highest BCUT2D eigenvalue weighted by Gasteiger charge is 2.30. The second-order valence-electron chi connectivity index (χ2n) is 12.8. The summed E-state index contributed by atoms with van der Waals surface area (Å²) in [6.45, 7) is 4.52. The quantitative estimate of drug-likeness (QED) is 0.0441. The zero-order valence-electron chi connectivity index (χ0n) is 28.6. The Balaban J connectivity index is 3.75. The molecule has 0 heterocycles. The summed E-state index contributed by atoms with van der Waals surface area (Å²) in [5.74, 6) is -1.02. The number of rotatable bonds is 34. The molecular weight excluding hydrogens is 552 g/mol. The standard InChI is InChI=1S/C39H71ClO3/c1-3-5-7-9-11-13-15-17-19-21-23-25-27-29-31-33-37(41)36(35-40)39(43)38(42)34-32-30-28-26-24-22-20-18-16-14-12-10-8-6-4-2/h17-20,36,39,43H,3-16,21-35H2,1-2H3/b19-17-,20-18-. The molecule has 0 aromatic carbocycles. The summed E-state index contributed by atoms with van der Waals surface area (Å²) in [4.78, 5) is 25.2. The number of halogens is 1. The summed E-state index contributed by atoms with van der Waals surface area (Å²) in [5, 5.41) is 10.5. The van der Waals surface area contributed by atoms with Crippen molar-refractivity contribution in [3.63, 3.8) is 0 Å². The first kappa shape index (κ1) is 42.1. The number of Topliss-reactive ketones (excluding diaryl/α,β-unsaturated/α-hetero) is 2. The molecule has 2 atom stereocenters. The first-order valence-corrected chi connectivity index (χ1v) is 19.2. The average molecular weight is 623 g/mol. The Morgan fingerprint density at radius 1 is 0.488 bits per heavy atom. The van der Waals surface area contributed by atoms with Gasteiger partial charge in [0.2, 0.25) is 0 Å². The third kappa shape index (κ3) is 28.3. The Labute approximate surface area is 273 Å². The van der Waals surface area contributed by atoms with Crippen LogP contribution in [0.15, 0.2) is 24.3 Å². The Kier molecular flexibility index (Phi) is 33.2. The summed E-state index contributed by atoms with van der Waals surface area (Å²) in [7, 11) is 0. The number of unbranched alkanes of at least 4 members (excludes halogenated alkanes) is 22. The maximum Gasteiger partial charge on any atom is 0.162 e. The molecule has 0 fully saturated rings. The van der Waals surface area contributed by atoms with Crippen LogP contribution in [0.3, 0.4) is 0 Å². The van der Waals surface area contributed by atoms with Crippen molar-refractivity contribution in [2.75, 3.05) is 5.88 Å². The van der Waals surface area contributed by atoms with E-state index in [1.165, 1.54) is 116 Å². The molecule has 2 unspecified atom stereocenters. The summed E-state index contributed by atoms with van der Waals surface area (Å²) in [6.07, 6.45) is 40.4. The van der Waals surface area contributed by atoms with Crippen molar-refractivity contribution in [3.8, 4) is 0 Å². The number of allylic oxidation sites excluding steroid dienone is 4. The van der Waals surface area contributed by atoms with Gasteiger partial charge in [-0.1, -0.05) is 141 Å². The number of alkyl halides is 1. The molecule has 0 radical (unpaired) electrons. The van der Waals surface area contributed by atoms with E-state index >= 15 is 0 Å². The van der Waals surface area contributed by atoms with Gasteiger partial charge in [-0.25, -0.2) is 0 Å². The fourth-order valence-electron chi connectivity index (χ4n) is 5.64. The van der Waals surface area contributed by atoms with Gasteiger partial charge in [-0.05, 0) is 64.2 Å². The average Bonchev–Trinajstić information content (AvgIpc) is 3.01. The van der Waals surface area contributed by atoms with Crippen LogP contribution in [0.1, 0.15) is 194 Å². The minimum absolute atomic E-state index is 0.0171. The van der Waals surface area contributed by atoms with E-state index in [2.05, 4.69) is 38.2 Å². The summed E-state index contributed by atoms with van der Waals surface area (Å²) < 4.78 is 0. The van der Waals surface area contributed by atoms with Crippen LogP contribution in [-0.2, 0) is 9.59 Å². The smallest absolute Gasteiger partial charge is 0.162 e. The molecule has 0 rings (SSSR count). The SMILES string of the molecule is CCCCCCCC/C=C\CCCCCCCC(=O)C(O)C(CCl)C(=O)CCCCCCC/C=C\CCCCCCCC. The van der Waals surface area contributed by atoms with Gasteiger partial charge in [0.05, 0.1) is 5.92 Å². The molecule has 0 aliphatic heterocycles. The van der Waals surface area contributed by atoms with Crippen LogP contribution in [0.25, 0.3) is 0 Å². The highest BCUT2D eigenvalue weighted by Crippen LogP contribution is 2.18. The molecule has 0 aliphatic rings. The van der Waals surface area contributed by atoms with E-state index in [1.54, 1.807) is 0 Å². The van der Waals surface area contributed by atoms with E-state index in [-0.39, 0.29) is 17.4 Å². The van der Waals surface area contributed by atoms with Gasteiger partial charge in [0.25, 0.3) is 0 Å². The van der Waals surface area contributed by atoms with Crippen molar-refractivity contribution >= 4 is 23.2 Å². The molecule has 0 saturated heterocycles. The lowest BCUT2D eigenvalue weighted by molar-refractivity contribution is -0.136. The molecule has 3 nitrogen and oxygen atoms in total. The molecular formula is C39H71ClO3. The molecule has 0 amide bonds. The Morgan fingerprint density at radius 3 is 1.14 bits per heavy atom. The molecule has 0 spiro atoms. The van der Waals surface area contributed by atoms with Crippen molar-refractivity contribution in [2.45, 2.75) is 200 Å². The fraction of sp³-hybridized carbons (Fsp3) is 0.846. The van der Waals surface area contributed by atoms with Gasteiger partial charge in [-0.2, -0.15) is 0 Å². The van der Waals surface area contributed by atoms with Crippen LogP contribution in [-0.4, -0.2) is 28.7 Å². The van der Waals surface area contributed by atoms with E-state index in [9.17, 15) is 14.7 Å². The number of ketones is 2. The van der Waals surface area contributed by atoms with Gasteiger partial charge in [0.1, 0.15) is 11.9 Å². The van der Waals surface area contributed by atoms with E-state index in [0.29, 0.717) is 12.8 Å². The van der Waals surface area contributed by atoms with Gasteiger partial charge >= 0.3 is 0 Å². The summed E-state index contributed by atoms with van der Waals surface area (Å²) in [5.41, 5.74) is 0. The molecule has 0 aliphatic carbocycles. The minimum atomic E-state index is -1.25. The molecule has 43 heavy (non-hydrogen) atoms. The molecule has 0 saturated carbocycles. The normalized spacial score (nSPS) is 13.3. The van der Waals surface area contributed by atoms with E-state index in [4.69, 9.17) is 11.6 Å². The Bertz CT molecular complexity index is 671. The van der Waals surface area contributed by atoms with Crippen molar-refractivity contribution in [2.24, 2.45) is 5.92 Å². The largest absolute Gasteiger partial charge is 0.385 e. The highest BCUT2D eigenvalue weighted by atomic mass is 35.5. The maximum atomic E-state index is 12.7. The first-order chi connectivity index (χ1) is 21.1. The number of carbonyl (C=O) groups excluding carboxylic acids is 2. The predicted octanol–water partition coefficient (Wildman–Crippen LogP) is 12.4. The fourth-order valence-corrected chi connectivity index (χ4v) is 5.98. The van der Waals surface area contributed by atoms with Crippen molar-refractivity contribution in [1.82, 2.24) is 0 Å². The van der Waals surface area contributed by atoms with Crippen LogP contribution in [0.2, 0.25) is 0 Å². The van der Waals surface area contributed by atoms with Gasteiger partial charge in [0.15, 0.2) is 5.78 Å². The third-order valence-electron chi connectivity index (χ3n) is 8.66. The van der Waals surface area contributed by atoms with Crippen LogP contribution < -0.4 is 0 Å². The molecule has 0 aromatic rings. The summed E-state index contributed by atoms with van der Waals surface area (Å²) in [6, 6.07) is 0. The highest BCUT2D eigenvalue weighted by molar-refractivity contribution is 6.19. The van der Waals surface area contributed by atoms with E-state index < -0.39 is 12.0 Å². The van der Waals surface area contributed by atoms with Gasteiger partial charge in [-0.15, -0.1) is 11.6 Å². The van der Waals surface area contributed by atoms with Crippen LogP contribution in [0.5, 0.6) is 0 Å². The number of aliphatic hydroxyl groups is 1. The van der Waals surface area contributed by atoms with Crippen molar-refractivity contribution in [1.29, 1.82) is 0 Å². The van der Waals surface area contributed by atoms with Gasteiger partial charge in [0, 0.05) is 18.7 Å². The lowest BCUT2D eigenvalue weighted by Crippen LogP contribution is -2.36. The number of carbonyl (C=O) groups is 2. The summed E-state index contributed by atoms with van der Waals surface area (Å²) >= 11 is 6.03. The number of hydrogen-bond donors (Lipinski definition) is 1. The molecule has 0 aromatic heterocycles. The van der Waals surface area contributed by atoms with Crippen molar-refractivity contribution in [3.05, 3.63) is 24.3 Å². The lowest BCUT2D eigenvalue weighted by Gasteiger charge is -2.18. The predicted molar refractivity (Wildman–Crippen MR) is 189 cm³/mol. The maximum absolute atomic E-state index is 12.7. The second-order valence-corrected chi connectivity index (χ2v) is 13.1. The Hall–Kier alpha value is -0.930. The third-order valence-corrected chi connectivity index (χ3v) is 8.99. The molecule has 4 heteroatoms. The minimum Gasteiger partial charge on any atom is -0.385 e. The zero-order chi connectivity index (χ0) is 31.6. The van der Waals surface area contributed by atoms with E-state index in [0.717, 1.165) is 51.4 Å². The van der Waals surface area contributed by atoms with Crippen molar-refractivity contribution < 1.29 is 14.7 Å².